The normalized spacial score (nSPS) is 16.9. The molecule has 1 atom stereocenters. The van der Waals surface area contributed by atoms with E-state index in [4.69, 9.17) is 10.5 Å². The maximum Gasteiger partial charge on any atom is 0.129 e. The van der Waals surface area contributed by atoms with Crippen molar-refractivity contribution in [1.82, 2.24) is 19.9 Å². The van der Waals surface area contributed by atoms with Crippen LogP contribution >= 0.6 is 0 Å². The molecule has 1 aliphatic heterocycles. The molecule has 1 fully saturated rings. The predicted molar refractivity (Wildman–Crippen MR) is 87.8 cm³/mol. The van der Waals surface area contributed by atoms with Gasteiger partial charge in [0, 0.05) is 38.4 Å². The Morgan fingerprint density at radius 3 is 2.83 bits per heavy atom. The third-order valence-corrected chi connectivity index (χ3v) is 3.93. The maximum atomic E-state index is 5.63. The second-order valence-corrected chi connectivity index (χ2v) is 5.40. The van der Waals surface area contributed by atoms with Crippen LogP contribution in [0.3, 0.4) is 0 Å². The number of nitrogens with zero attached hydrogens (tertiary/aromatic N) is 4. The number of nitrogens with one attached hydrogen (secondary N) is 1. The zero-order valence-electron chi connectivity index (χ0n) is 13.1. The number of nitrogens with two attached hydrogens (primary N) is 1. The van der Waals surface area contributed by atoms with Gasteiger partial charge in [0.25, 0.3) is 0 Å². The first-order valence-corrected chi connectivity index (χ1v) is 7.84. The van der Waals surface area contributed by atoms with E-state index in [1.54, 1.807) is 0 Å². The molecule has 1 saturated heterocycles. The molecule has 122 valence electrons. The summed E-state index contributed by atoms with van der Waals surface area (Å²) >= 11 is 0. The minimum absolute atomic E-state index is 0.177. The van der Waals surface area contributed by atoms with Gasteiger partial charge in [-0.3, -0.25) is 9.88 Å². The van der Waals surface area contributed by atoms with Gasteiger partial charge in [0.2, 0.25) is 0 Å². The van der Waals surface area contributed by atoms with Crippen LogP contribution in [-0.4, -0.2) is 52.7 Å². The molecule has 0 bridgehead atoms. The van der Waals surface area contributed by atoms with Crippen molar-refractivity contribution in [2.24, 2.45) is 5.73 Å². The van der Waals surface area contributed by atoms with Gasteiger partial charge in [-0.1, -0.05) is 6.07 Å². The molecule has 23 heavy (non-hydrogen) atoms. The molecule has 2 aromatic heterocycles. The SMILES string of the molecule is NCc1cc(NC[C@H](c2ccccn2)N2CCOCC2)ncn1. The minimum Gasteiger partial charge on any atom is -0.379 e. The van der Waals surface area contributed by atoms with E-state index in [1.807, 2.05) is 24.4 Å². The smallest absolute Gasteiger partial charge is 0.129 e. The maximum absolute atomic E-state index is 5.63. The van der Waals surface area contributed by atoms with Crippen molar-refractivity contribution in [3.8, 4) is 0 Å². The number of hydrogen-bond donors (Lipinski definition) is 2. The third-order valence-electron chi connectivity index (χ3n) is 3.93. The summed E-state index contributed by atoms with van der Waals surface area (Å²) in [5, 5.41) is 3.39. The highest BCUT2D eigenvalue weighted by molar-refractivity contribution is 5.35. The molecule has 3 rings (SSSR count). The second-order valence-electron chi connectivity index (χ2n) is 5.40. The highest BCUT2D eigenvalue weighted by atomic mass is 16.5. The average molecular weight is 314 g/mol. The molecule has 3 heterocycles. The third kappa shape index (κ3) is 4.22. The minimum atomic E-state index is 0.177. The Bertz CT molecular complexity index is 603. The topological polar surface area (TPSA) is 89.2 Å². The first-order valence-electron chi connectivity index (χ1n) is 7.84. The molecule has 2 aromatic rings. The van der Waals surface area contributed by atoms with E-state index in [0.29, 0.717) is 6.54 Å². The molecule has 3 N–H and O–H groups in total. The van der Waals surface area contributed by atoms with Crippen LogP contribution in [0.25, 0.3) is 0 Å². The number of rotatable bonds is 6. The molecule has 0 saturated carbocycles. The summed E-state index contributed by atoms with van der Waals surface area (Å²) in [6.07, 6.45) is 3.37. The largest absolute Gasteiger partial charge is 0.379 e. The summed E-state index contributed by atoms with van der Waals surface area (Å²) in [6.45, 7) is 4.45. The van der Waals surface area contributed by atoms with Crippen LogP contribution < -0.4 is 11.1 Å². The lowest BCUT2D eigenvalue weighted by Crippen LogP contribution is -2.41. The standard InChI is InChI=1S/C16H22N6O/c17-10-13-9-16(21-12-20-13)19-11-15(14-3-1-2-4-18-14)22-5-7-23-8-6-22/h1-4,9,12,15H,5-8,10-11,17H2,(H,19,20,21)/t15-/m1/s1. The molecule has 0 radical (unpaired) electrons. The number of morpholine rings is 1. The summed E-state index contributed by atoms with van der Waals surface area (Å²) in [7, 11) is 0. The summed E-state index contributed by atoms with van der Waals surface area (Å²) < 4.78 is 5.46. The highest BCUT2D eigenvalue weighted by Gasteiger charge is 2.23. The van der Waals surface area contributed by atoms with Gasteiger partial charge in [-0.05, 0) is 12.1 Å². The first-order chi connectivity index (χ1) is 11.4. The Hall–Kier alpha value is -2.09. The van der Waals surface area contributed by atoms with E-state index in [-0.39, 0.29) is 6.04 Å². The molecule has 7 heteroatoms. The van der Waals surface area contributed by atoms with Gasteiger partial charge in [-0.2, -0.15) is 0 Å². The Labute approximate surface area is 135 Å². The van der Waals surface area contributed by atoms with Gasteiger partial charge in [-0.15, -0.1) is 0 Å². The number of hydrogen-bond acceptors (Lipinski definition) is 7. The number of ether oxygens (including phenoxy) is 1. The molecular formula is C16H22N6O. The van der Waals surface area contributed by atoms with Gasteiger partial charge >= 0.3 is 0 Å². The predicted octanol–water partition coefficient (Wildman–Crippen LogP) is 0.816. The van der Waals surface area contributed by atoms with E-state index in [9.17, 15) is 0 Å². The molecule has 0 aromatic carbocycles. The molecule has 0 amide bonds. The van der Waals surface area contributed by atoms with Gasteiger partial charge in [-0.25, -0.2) is 9.97 Å². The lowest BCUT2D eigenvalue weighted by molar-refractivity contribution is 0.0179. The van der Waals surface area contributed by atoms with Crippen molar-refractivity contribution in [2.75, 3.05) is 38.2 Å². The van der Waals surface area contributed by atoms with Crippen LogP contribution in [-0.2, 0) is 11.3 Å². The highest BCUT2D eigenvalue weighted by Crippen LogP contribution is 2.20. The van der Waals surface area contributed by atoms with Gasteiger partial charge in [0.05, 0.1) is 30.6 Å². The Morgan fingerprint density at radius 2 is 2.09 bits per heavy atom. The Kier molecular flexibility index (Phi) is 5.46. The number of anilines is 1. The van der Waals surface area contributed by atoms with Gasteiger partial charge in [0.1, 0.15) is 12.1 Å². The Balaban J connectivity index is 1.72. The van der Waals surface area contributed by atoms with Crippen LogP contribution in [0.1, 0.15) is 17.4 Å². The molecule has 0 unspecified atom stereocenters. The van der Waals surface area contributed by atoms with Crippen LogP contribution in [0.5, 0.6) is 0 Å². The molecule has 1 aliphatic rings. The van der Waals surface area contributed by atoms with Gasteiger partial charge in [0.15, 0.2) is 0 Å². The van der Waals surface area contributed by atoms with E-state index in [0.717, 1.165) is 50.1 Å². The van der Waals surface area contributed by atoms with E-state index < -0.39 is 0 Å². The summed E-state index contributed by atoms with van der Waals surface area (Å²) in [4.78, 5) is 15.3. The second kappa shape index (κ2) is 7.96. The number of aromatic nitrogens is 3. The van der Waals surface area contributed by atoms with Crippen molar-refractivity contribution in [1.29, 1.82) is 0 Å². The average Bonchev–Trinajstić information content (AvgIpc) is 2.64. The molecule has 0 spiro atoms. The lowest BCUT2D eigenvalue weighted by atomic mass is 10.1. The van der Waals surface area contributed by atoms with Crippen LogP contribution in [0, 0.1) is 0 Å². The zero-order valence-corrected chi connectivity index (χ0v) is 13.1. The van der Waals surface area contributed by atoms with E-state index >= 15 is 0 Å². The van der Waals surface area contributed by atoms with Crippen molar-refractivity contribution in [3.63, 3.8) is 0 Å². The fourth-order valence-corrected chi connectivity index (χ4v) is 2.69. The summed E-state index contributed by atoms with van der Waals surface area (Å²) in [5.74, 6) is 0.787. The lowest BCUT2D eigenvalue weighted by Gasteiger charge is -2.34. The van der Waals surface area contributed by atoms with Crippen molar-refractivity contribution < 1.29 is 4.74 Å². The zero-order chi connectivity index (χ0) is 15.9. The quantitative estimate of drug-likeness (QED) is 0.815. The van der Waals surface area contributed by atoms with Crippen LogP contribution in [0.2, 0.25) is 0 Å². The molecule has 0 aliphatic carbocycles. The number of pyridine rings is 1. The van der Waals surface area contributed by atoms with Crippen molar-refractivity contribution in [3.05, 3.63) is 48.2 Å². The van der Waals surface area contributed by atoms with Crippen molar-refractivity contribution in [2.45, 2.75) is 12.6 Å². The van der Waals surface area contributed by atoms with Crippen molar-refractivity contribution >= 4 is 5.82 Å². The van der Waals surface area contributed by atoms with E-state index in [1.165, 1.54) is 6.33 Å². The fraction of sp³-hybridized carbons (Fsp3) is 0.438. The summed E-state index contributed by atoms with van der Waals surface area (Å²) in [5.41, 5.74) is 7.51. The molecule has 7 nitrogen and oxygen atoms in total. The van der Waals surface area contributed by atoms with Crippen LogP contribution in [0.4, 0.5) is 5.82 Å². The Morgan fingerprint density at radius 1 is 1.22 bits per heavy atom. The summed E-state index contributed by atoms with van der Waals surface area (Å²) in [6, 6.07) is 8.08. The van der Waals surface area contributed by atoms with Gasteiger partial charge < -0.3 is 15.8 Å². The molecular weight excluding hydrogens is 292 g/mol. The monoisotopic (exact) mass is 314 g/mol. The fourth-order valence-electron chi connectivity index (χ4n) is 2.69. The first kappa shape index (κ1) is 15.8. The van der Waals surface area contributed by atoms with E-state index in [2.05, 4.69) is 31.2 Å². The van der Waals surface area contributed by atoms with Crippen LogP contribution in [0.15, 0.2) is 36.8 Å².